The molecule has 7 heteroatoms. The summed E-state index contributed by atoms with van der Waals surface area (Å²) in [5.41, 5.74) is 1.85. The summed E-state index contributed by atoms with van der Waals surface area (Å²) >= 11 is 0. The Labute approximate surface area is 183 Å². The van der Waals surface area contributed by atoms with Crippen LogP contribution >= 0.6 is 0 Å². The second-order valence-electron chi connectivity index (χ2n) is 8.13. The number of fused-ring (bicyclic) bond motifs is 1. The zero-order valence-corrected chi connectivity index (χ0v) is 18.5. The summed E-state index contributed by atoms with van der Waals surface area (Å²) in [4.78, 5) is 14.9. The van der Waals surface area contributed by atoms with E-state index in [2.05, 4.69) is 11.6 Å². The van der Waals surface area contributed by atoms with Gasteiger partial charge in [-0.1, -0.05) is 43.7 Å². The first kappa shape index (κ1) is 21.6. The molecule has 1 aliphatic heterocycles. The van der Waals surface area contributed by atoms with Crippen molar-refractivity contribution in [2.45, 2.75) is 37.5 Å². The van der Waals surface area contributed by atoms with E-state index in [4.69, 9.17) is 4.42 Å². The van der Waals surface area contributed by atoms with Crippen LogP contribution in [0.25, 0.3) is 11.0 Å². The van der Waals surface area contributed by atoms with Crippen molar-refractivity contribution in [2.75, 3.05) is 19.6 Å². The summed E-state index contributed by atoms with van der Waals surface area (Å²) in [7, 11) is -3.52. The molecule has 0 spiro atoms. The molecule has 0 radical (unpaired) electrons. The number of hydrogen-bond acceptors (Lipinski definition) is 4. The van der Waals surface area contributed by atoms with Gasteiger partial charge in [0, 0.05) is 25.0 Å². The topological polar surface area (TPSA) is 79.6 Å². The van der Waals surface area contributed by atoms with Gasteiger partial charge in [-0.2, -0.15) is 0 Å². The molecule has 1 aromatic heterocycles. The highest BCUT2D eigenvalue weighted by Crippen LogP contribution is 2.23. The first-order valence-electron chi connectivity index (χ1n) is 10.8. The third-order valence-electron chi connectivity index (χ3n) is 5.87. The van der Waals surface area contributed by atoms with Crippen LogP contribution in [-0.2, 0) is 16.4 Å². The van der Waals surface area contributed by atoms with E-state index in [0.29, 0.717) is 35.9 Å². The summed E-state index contributed by atoms with van der Waals surface area (Å²) in [5.74, 6) is 0.447. The van der Waals surface area contributed by atoms with Crippen LogP contribution in [0.3, 0.4) is 0 Å². The summed E-state index contributed by atoms with van der Waals surface area (Å²) in [5, 5.41) is 0.915. The zero-order valence-electron chi connectivity index (χ0n) is 17.7. The third-order valence-corrected chi connectivity index (χ3v) is 7.31. The highest BCUT2D eigenvalue weighted by atomic mass is 32.2. The average molecular weight is 441 g/mol. The second kappa shape index (κ2) is 9.24. The number of rotatable bonds is 7. The quantitative estimate of drug-likeness (QED) is 0.597. The van der Waals surface area contributed by atoms with Crippen LogP contribution in [0.1, 0.15) is 42.3 Å². The van der Waals surface area contributed by atoms with Crippen molar-refractivity contribution in [1.29, 1.82) is 0 Å². The number of hydrogen-bond donors (Lipinski definition) is 1. The summed E-state index contributed by atoms with van der Waals surface area (Å²) in [6.07, 6.45) is 3.48. The number of carbonyl (C=O) groups excluding carboxylic acids is 1. The number of nitrogens with zero attached hydrogens (tertiary/aromatic N) is 1. The Morgan fingerprint density at radius 1 is 1.10 bits per heavy atom. The van der Waals surface area contributed by atoms with Gasteiger partial charge in [0.25, 0.3) is 5.91 Å². The standard InChI is InChI=1S/C24H28N2O4S/c1-2-5-18-8-10-21(11-9-18)31(28,29)25-17-19-12-14-26(15-13-19)24(27)23-16-20-6-3-4-7-22(20)30-23/h3-4,6-11,16,19,25H,2,5,12-15,17H2,1H3. The Hall–Kier alpha value is -2.64. The normalized spacial score (nSPS) is 15.5. The molecular formula is C24H28N2O4S. The van der Waals surface area contributed by atoms with E-state index in [1.54, 1.807) is 23.1 Å². The summed E-state index contributed by atoms with van der Waals surface area (Å²) in [6.45, 7) is 3.66. The molecule has 0 aliphatic carbocycles. The monoisotopic (exact) mass is 440 g/mol. The predicted molar refractivity (Wildman–Crippen MR) is 120 cm³/mol. The van der Waals surface area contributed by atoms with Gasteiger partial charge >= 0.3 is 0 Å². The maximum absolute atomic E-state index is 12.8. The molecule has 1 saturated heterocycles. The van der Waals surface area contributed by atoms with Gasteiger partial charge < -0.3 is 9.32 Å². The Morgan fingerprint density at radius 3 is 2.48 bits per heavy atom. The molecule has 31 heavy (non-hydrogen) atoms. The molecule has 3 aromatic rings. The largest absolute Gasteiger partial charge is 0.451 e. The van der Waals surface area contributed by atoms with Gasteiger partial charge in [-0.25, -0.2) is 13.1 Å². The number of furan rings is 1. The van der Waals surface area contributed by atoms with Crippen molar-refractivity contribution in [3.05, 3.63) is 65.9 Å². The number of likely N-dealkylation sites (tertiary alicyclic amines) is 1. The van der Waals surface area contributed by atoms with E-state index in [1.165, 1.54) is 0 Å². The lowest BCUT2D eigenvalue weighted by Gasteiger charge is -2.31. The molecule has 1 N–H and O–H groups in total. The first-order chi connectivity index (χ1) is 15.0. The number of benzene rings is 2. The van der Waals surface area contributed by atoms with Gasteiger partial charge in [-0.05, 0) is 55.0 Å². The lowest BCUT2D eigenvalue weighted by atomic mass is 9.97. The number of carbonyl (C=O) groups is 1. The van der Waals surface area contributed by atoms with Gasteiger partial charge in [0.2, 0.25) is 10.0 Å². The van der Waals surface area contributed by atoms with Crippen molar-refractivity contribution in [2.24, 2.45) is 5.92 Å². The molecule has 6 nitrogen and oxygen atoms in total. The minimum atomic E-state index is -3.52. The van der Waals surface area contributed by atoms with Crippen molar-refractivity contribution < 1.29 is 17.6 Å². The molecule has 1 amide bonds. The van der Waals surface area contributed by atoms with Crippen LogP contribution < -0.4 is 4.72 Å². The van der Waals surface area contributed by atoms with E-state index in [1.807, 2.05) is 36.4 Å². The molecular weight excluding hydrogens is 412 g/mol. The maximum atomic E-state index is 12.8. The van der Waals surface area contributed by atoms with Crippen LogP contribution in [0.15, 0.2) is 63.9 Å². The van der Waals surface area contributed by atoms with Crippen LogP contribution in [0.4, 0.5) is 0 Å². The van der Waals surface area contributed by atoms with E-state index in [9.17, 15) is 13.2 Å². The van der Waals surface area contributed by atoms with Crippen LogP contribution in [0, 0.1) is 5.92 Å². The minimum absolute atomic E-state index is 0.109. The molecule has 1 aliphatic rings. The molecule has 2 heterocycles. The highest BCUT2D eigenvalue weighted by molar-refractivity contribution is 7.89. The molecule has 0 unspecified atom stereocenters. The van der Waals surface area contributed by atoms with Gasteiger partial charge in [-0.15, -0.1) is 0 Å². The third kappa shape index (κ3) is 4.99. The fourth-order valence-corrected chi connectivity index (χ4v) is 5.13. The fraction of sp³-hybridized carbons (Fsp3) is 0.375. The molecule has 0 atom stereocenters. The van der Waals surface area contributed by atoms with Crippen LogP contribution in [-0.4, -0.2) is 38.9 Å². The predicted octanol–water partition coefficient (Wildman–Crippen LogP) is 4.22. The van der Waals surface area contributed by atoms with E-state index >= 15 is 0 Å². The Bertz CT molecular complexity index is 1110. The lowest BCUT2D eigenvalue weighted by molar-refractivity contribution is 0.0662. The van der Waals surface area contributed by atoms with Crippen molar-refractivity contribution >= 4 is 26.9 Å². The Kier molecular flexibility index (Phi) is 6.43. The number of aryl methyl sites for hydroxylation is 1. The number of para-hydroxylation sites is 1. The fourth-order valence-electron chi connectivity index (χ4n) is 4.02. The molecule has 0 saturated carbocycles. The smallest absolute Gasteiger partial charge is 0.289 e. The summed E-state index contributed by atoms with van der Waals surface area (Å²) < 4.78 is 33.6. The van der Waals surface area contributed by atoms with Gasteiger partial charge in [0.15, 0.2) is 5.76 Å². The second-order valence-corrected chi connectivity index (χ2v) is 9.90. The van der Waals surface area contributed by atoms with Crippen molar-refractivity contribution in [3.8, 4) is 0 Å². The molecule has 0 bridgehead atoms. The lowest BCUT2D eigenvalue weighted by Crippen LogP contribution is -2.41. The van der Waals surface area contributed by atoms with Gasteiger partial charge in [0.05, 0.1) is 4.90 Å². The van der Waals surface area contributed by atoms with Crippen molar-refractivity contribution in [3.63, 3.8) is 0 Å². The maximum Gasteiger partial charge on any atom is 0.289 e. The molecule has 4 rings (SSSR count). The molecule has 2 aromatic carbocycles. The van der Waals surface area contributed by atoms with E-state index in [0.717, 1.165) is 36.6 Å². The number of nitrogens with one attached hydrogen (secondary N) is 1. The minimum Gasteiger partial charge on any atom is -0.451 e. The molecule has 164 valence electrons. The first-order valence-corrected chi connectivity index (χ1v) is 12.3. The van der Waals surface area contributed by atoms with Gasteiger partial charge in [0.1, 0.15) is 5.58 Å². The zero-order chi connectivity index (χ0) is 21.8. The Balaban J connectivity index is 1.30. The van der Waals surface area contributed by atoms with Crippen LogP contribution in [0.5, 0.6) is 0 Å². The van der Waals surface area contributed by atoms with Gasteiger partial charge in [-0.3, -0.25) is 4.79 Å². The highest BCUT2D eigenvalue weighted by Gasteiger charge is 2.26. The number of amides is 1. The number of piperidine rings is 1. The summed E-state index contributed by atoms with van der Waals surface area (Å²) in [6, 6.07) is 16.4. The average Bonchev–Trinajstić information content (AvgIpc) is 3.23. The van der Waals surface area contributed by atoms with Crippen LogP contribution in [0.2, 0.25) is 0 Å². The van der Waals surface area contributed by atoms with E-state index in [-0.39, 0.29) is 11.8 Å². The van der Waals surface area contributed by atoms with E-state index < -0.39 is 10.0 Å². The van der Waals surface area contributed by atoms with Crippen molar-refractivity contribution in [1.82, 2.24) is 9.62 Å². The molecule has 1 fully saturated rings. The number of sulfonamides is 1. The Morgan fingerprint density at radius 2 is 1.81 bits per heavy atom. The SMILES string of the molecule is CCCc1ccc(S(=O)(=O)NCC2CCN(C(=O)c3cc4ccccc4o3)CC2)cc1.